The summed E-state index contributed by atoms with van der Waals surface area (Å²) in [5.41, 5.74) is 6.65. The van der Waals surface area contributed by atoms with Crippen molar-refractivity contribution >= 4 is 29.3 Å². The summed E-state index contributed by atoms with van der Waals surface area (Å²) in [6.07, 6.45) is 4.55. The lowest BCUT2D eigenvalue weighted by Gasteiger charge is -2.29. The Morgan fingerprint density at radius 3 is 2.92 bits per heavy atom. The molecule has 1 aromatic carbocycles. The number of ether oxygens (including phenoxy) is 2. The molecule has 130 valence electrons. The van der Waals surface area contributed by atoms with Gasteiger partial charge in [-0.25, -0.2) is 4.98 Å². The molecule has 0 radical (unpaired) electrons. The van der Waals surface area contributed by atoms with E-state index in [1.165, 1.54) is 6.08 Å². The van der Waals surface area contributed by atoms with Crippen molar-refractivity contribution in [3.63, 3.8) is 0 Å². The first-order valence-electron chi connectivity index (χ1n) is 7.72. The van der Waals surface area contributed by atoms with E-state index in [0.717, 1.165) is 24.3 Å². The molecule has 2 aromatic rings. The molecule has 7 nitrogen and oxygen atoms in total. The lowest BCUT2D eigenvalue weighted by molar-refractivity contribution is -0.113. The second-order valence-corrected chi connectivity index (χ2v) is 5.68. The molecule has 0 spiro atoms. The van der Waals surface area contributed by atoms with Crippen LogP contribution in [0.25, 0.3) is 6.08 Å². The van der Waals surface area contributed by atoms with Gasteiger partial charge in [0, 0.05) is 19.2 Å². The first-order valence-corrected chi connectivity index (χ1v) is 8.10. The number of primary amides is 1. The first kappa shape index (κ1) is 17.2. The molecule has 1 aliphatic heterocycles. The van der Waals surface area contributed by atoms with Crippen molar-refractivity contribution in [2.45, 2.75) is 0 Å². The van der Waals surface area contributed by atoms with E-state index < -0.39 is 5.91 Å². The van der Waals surface area contributed by atoms with Crippen LogP contribution in [0.15, 0.2) is 36.5 Å². The van der Waals surface area contributed by atoms with Crippen molar-refractivity contribution in [1.29, 1.82) is 0 Å². The molecule has 0 atom stereocenters. The molecule has 0 saturated carbocycles. The van der Waals surface area contributed by atoms with Crippen molar-refractivity contribution < 1.29 is 14.3 Å². The molecule has 2 N–H and O–H groups in total. The number of halogens is 1. The fraction of sp³-hybridized carbons (Fsp3) is 0.235. The zero-order chi connectivity index (χ0) is 17.6. The third-order valence-electron chi connectivity index (χ3n) is 3.57. The van der Waals surface area contributed by atoms with Gasteiger partial charge in [-0.2, -0.15) is 4.98 Å². The van der Waals surface area contributed by atoms with Crippen LogP contribution in [0.3, 0.4) is 0 Å². The lowest BCUT2D eigenvalue weighted by Crippen LogP contribution is -2.36. The molecule has 1 aliphatic rings. The number of carbonyl (C=O) groups excluding carboxylic acids is 1. The summed E-state index contributed by atoms with van der Waals surface area (Å²) in [6, 6.07) is 7.22. The van der Waals surface area contributed by atoms with Gasteiger partial charge in [-0.3, -0.25) is 4.79 Å². The van der Waals surface area contributed by atoms with E-state index in [1.807, 2.05) is 12.1 Å². The van der Waals surface area contributed by atoms with Crippen molar-refractivity contribution in [3.05, 3.63) is 47.4 Å². The van der Waals surface area contributed by atoms with Crippen molar-refractivity contribution in [3.8, 4) is 11.6 Å². The van der Waals surface area contributed by atoms with Crippen LogP contribution in [0, 0.1) is 0 Å². The Hall–Kier alpha value is -2.64. The number of amides is 1. The van der Waals surface area contributed by atoms with Gasteiger partial charge in [-0.15, -0.1) is 0 Å². The standard InChI is InChI=1S/C17H17ClN4O3/c18-17-20-11-14(22-6-8-24-9-7-22)16(21-17)25-13-3-1-2-12(10-13)4-5-15(19)23/h1-5,10-11H,6-9H2,(H2,19,23). The molecule has 1 fully saturated rings. The van der Waals surface area contributed by atoms with Crippen molar-refractivity contribution in [1.82, 2.24) is 9.97 Å². The smallest absolute Gasteiger partial charge is 0.247 e. The highest BCUT2D eigenvalue weighted by Gasteiger charge is 2.18. The molecule has 2 heterocycles. The van der Waals surface area contributed by atoms with Gasteiger partial charge < -0.3 is 20.1 Å². The Morgan fingerprint density at radius 1 is 1.36 bits per heavy atom. The molecular weight excluding hydrogens is 344 g/mol. The second kappa shape index (κ2) is 7.96. The minimum Gasteiger partial charge on any atom is -0.437 e. The summed E-state index contributed by atoms with van der Waals surface area (Å²) in [4.78, 5) is 21.2. The lowest BCUT2D eigenvalue weighted by atomic mass is 10.2. The van der Waals surface area contributed by atoms with Crippen molar-refractivity contribution in [2.24, 2.45) is 5.73 Å². The topological polar surface area (TPSA) is 90.6 Å². The molecule has 3 rings (SSSR count). The van der Waals surface area contributed by atoms with Gasteiger partial charge >= 0.3 is 0 Å². The van der Waals surface area contributed by atoms with Gasteiger partial charge in [0.25, 0.3) is 0 Å². The van der Waals surface area contributed by atoms with Crippen LogP contribution in [0.1, 0.15) is 5.56 Å². The number of anilines is 1. The fourth-order valence-corrected chi connectivity index (χ4v) is 2.53. The normalized spacial score (nSPS) is 14.7. The molecule has 1 saturated heterocycles. The van der Waals surface area contributed by atoms with Gasteiger partial charge in [0.2, 0.25) is 17.1 Å². The largest absolute Gasteiger partial charge is 0.437 e. The van der Waals surface area contributed by atoms with E-state index in [-0.39, 0.29) is 5.28 Å². The van der Waals surface area contributed by atoms with Crippen LogP contribution in [-0.2, 0) is 9.53 Å². The minimum absolute atomic E-state index is 0.108. The van der Waals surface area contributed by atoms with E-state index >= 15 is 0 Å². The molecule has 25 heavy (non-hydrogen) atoms. The maximum atomic E-state index is 10.9. The van der Waals surface area contributed by atoms with Crippen molar-refractivity contribution in [2.75, 3.05) is 31.2 Å². The molecular formula is C17H17ClN4O3. The zero-order valence-electron chi connectivity index (χ0n) is 13.4. The summed E-state index contributed by atoms with van der Waals surface area (Å²) in [5.74, 6) is 0.428. The van der Waals surface area contributed by atoms with E-state index in [4.69, 9.17) is 26.8 Å². The van der Waals surface area contributed by atoms with Crippen LogP contribution in [0.2, 0.25) is 5.28 Å². The van der Waals surface area contributed by atoms with Crippen LogP contribution in [0.5, 0.6) is 11.6 Å². The van der Waals surface area contributed by atoms with Gasteiger partial charge in [0.15, 0.2) is 0 Å². The van der Waals surface area contributed by atoms with Gasteiger partial charge in [0.1, 0.15) is 11.4 Å². The predicted octanol–water partition coefficient (Wildman–Crippen LogP) is 2.26. The highest BCUT2D eigenvalue weighted by Crippen LogP contribution is 2.31. The zero-order valence-corrected chi connectivity index (χ0v) is 14.1. The van der Waals surface area contributed by atoms with Gasteiger partial charge in [-0.05, 0) is 35.4 Å². The molecule has 1 aromatic heterocycles. The van der Waals surface area contributed by atoms with E-state index in [9.17, 15) is 4.79 Å². The molecule has 0 unspecified atom stereocenters. The summed E-state index contributed by atoms with van der Waals surface area (Å²) in [7, 11) is 0. The maximum absolute atomic E-state index is 10.9. The number of nitrogens with zero attached hydrogens (tertiary/aromatic N) is 3. The Labute approximate surface area is 150 Å². The molecule has 0 aliphatic carbocycles. The summed E-state index contributed by atoms with van der Waals surface area (Å²) in [6.45, 7) is 2.72. The van der Waals surface area contributed by atoms with Crippen LogP contribution >= 0.6 is 11.6 Å². The minimum atomic E-state index is -0.511. The molecule has 1 amide bonds. The summed E-state index contributed by atoms with van der Waals surface area (Å²) in [5, 5.41) is 0.108. The average molecular weight is 361 g/mol. The monoisotopic (exact) mass is 360 g/mol. The number of nitrogens with two attached hydrogens (primary N) is 1. The molecule has 8 heteroatoms. The Bertz CT molecular complexity index is 791. The molecule has 0 bridgehead atoms. The number of rotatable bonds is 5. The predicted molar refractivity (Wildman–Crippen MR) is 94.8 cm³/mol. The van der Waals surface area contributed by atoms with E-state index in [1.54, 1.807) is 24.4 Å². The fourth-order valence-electron chi connectivity index (χ4n) is 2.41. The Kier molecular flexibility index (Phi) is 5.47. The number of benzene rings is 1. The van der Waals surface area contributed by atoms with Crippen LogP contribution < -0.4 is 15.4 Å². The number of carbonyl (C=O) groups is 1. The SMILES string of the molecule is NC(=O)C=Cc1cccc(Oc2nc(Cl)ncc2N2CCOCC2)c1. The van der Waals surface area contributed by atoms with E-state index in [0.29, 0.717) is 24.8 Å². The quantitative estimate of drug-likeness (QED) is 0.649. The highest BCUT2D eigenvalue weighted by atomic mass is 35.5. The summed E-state index contributed by atoms with van der Waals surface area (Å²) >= 11 is 5.93. The summed E-state index contributed by atoms with van der Waals surface area (Å²) < 4.78 is 11.3. The maximum Gasteiger partial charge on any atom is 0.247 e. The van der Waals surface area contributed by atoms with E-state index in [2.05, 4.69) is 14.9 Å². The number of aromatic nitrogens is 2. The highest BCUT2D eigenvalue weighted by molar-refractivity contribution is 6.28. The Morgan fingerprint density at radius 2 is 2.16 bits per heavy atom. The second-order valence-electron chi connectivity index (χ2n) is 5.34. The van der Waals surface area contributed by atoms with Crippen LogP contribution in [0.4, 0.5) is 5.69 Å². The number of hydrogen-bond acceptors (Lipinski definition) is 6. The number of hydrogen-bond donors (Lipinski definition) is 1. The van der Waals surface area contributed by atoms with Gasteiger partial charge in [-0.1, -0.05) is 12.1 Å². The van der Waals surface area contributed by atoms with Gasteiger partial charge in [0.05, 0.1) is 19.4 Å². The Balaban J connectivity index is 1.86. The number of morpholine rings is 1. The first-order chi connectivity index (χ1) is 12.1. The third-order valence-corrected chi connectivity index (χ3v) is 3.75. The third kappa shape index (κ3) is 4.68. The average Bonchev–Trinajstić information content (AvgIpc) is 2.61. The van der Waals surface area contributed by atoms with Crippen LogP contribution in [-0.4, -0.2) is 42.2 Å².